The van der Waals surface area contributed by atoms with Gasteiger partial charge in [0.15, 0.2) is 0 Å². The van der Waals surface area contributed by atoms with E-state index in [1.54, 1.807) is 6.20 Å². The van der Waals surface area contributed by atoms with Crippen LogP contribution in [0.15, 0.2) is 48.8 Å². The van der Waals surface area contributed by atoms with Gasteiger partial charge < -0.3 is 0 Å². The minimum absolute atomic E-state index is 0.838. The van der Waals surface area contributed by atoms with Crippen LogP contribution in [0.4, 0.5) is 11.6 Å². The average molecular weight is 272 g/mol. The number of aromatic amines is 1. The summed E-state index contributed by atoms with van der Waals surface area (Å²) < 4.78 is 34.0. The summed E-state index contributed by atoms with van der Waals surface area (Å²) in [6.07, 6.45) is 3.62. The number of pyridine rings is 2. The van der Waals surface area contributed by atoms with Gasteiger partial charge in [-0.15, -0.1) is 10.2 Å². The van der Waals surface area contributed by atoms with Crippen molar-refractivity contribution < 1.29 is 33.9 Å². The molecule has 0 unspecified atom stereocenters. The van der Waals surface area contributed by atoms with E-state index < -0.39 is 10.2 Å². The molecule has 2 N–H and O–H groups in total. The van der Waals surface area contributed by atoms with Crippen molar-refractivity contribution in [1.29, 1.82) is 0 Å². The number of rotatable bonds is 2. The number of nitrogens with zero attached hydrogens (tertiary/aromatic N) is 1. The lowest BCUT2D eigenvalue weighted by Gasteiger charge is -2.17. The fraction of sp³-hybridized carbons (Fsp3) is 0. The highest BCUT2D eigenvalue weighted by Gasteiger charge is 2.00. The molecule has 0 aromatic carbocycles. The summed E-state index contributed by atoms with van der Waals surface area (Å²) in [5.74, 6) is 1.77. The maximum atomic E-state index is 8.49. The molecule has 0 saturated carbocycles. The first-order valence-electron chi connectivity index (χ1n) is 4.72. The summed E-state index contributed by atoms with van der Waals surface area (Å²) in [4.78, 5) is 7.21. The smallest absolute Gasteiger partial charge is 0.247 e. The van der Waals surface area contributed by atoms with Gasteiger partial charge in [-0.3, -0.25) is 0 Å². The second-order valence-electron chi connectivity index (χ2n) is 2.99. The van der Waals surface area contributed by atoms with Crippen LogP contribution in [-0.4, -0.2) is 4.98 Å². The molecule has 2 aromatic rings. The third-order valence-electron chi connectivity index (χ3n) is 1.64. The minimum atomic E-state index is -4.94. The highest BCUT2D eigenvalue weighted by atomic mass is 35.7. The van der Waals surface area contributed by atoms with Crippen LogP contribution >= 0.6 is 0 Å². The van der Waals surface area contributed by atoms with Crippen LogP contribution in [0.2, 0.25) is 0 Å². The van der Waals surface area contributed by atoms with Crippen molar-refractivity contribution in [3.8, 4) is 0 Å². The Hall–Kier alpha value is -1.77. The molecule has 0 bridgehead atoms. The van der Waals surface area contributed by atoms with Crippen molar-refractivity contribution in [3.05, 3.63) is 48.8 Å². The SMILES string of the molecule is [O-][Cl+3]([O-])([O-])[O-].c1ccc(Nc2cccc[nH+]2)nc1. The summed E-state index contributed by atoms with van der Waals surface area (Å²) in [7, 11) is -4.94. The first-order chi connectivity index (χ1) is 8.45. The maximum Gasteiger partial charge on any atom is 0.278 e. The molecule has 0 saturated heterocycles. The number of hydrogen-bond acceptors (Lipinski definition) is 6. The van der Waals surface area contributed by atoms with Crippen molar-refractivity contribution in [2.45, 2.75) is 0 Å². The Bertz CT molecular complexity index is 406. The standard InChI is InChI=1S/C10H9N3.ClHO4/c1-3-7-11-9(5-1)13-10-6-2-4-8-12-10;2-1(3,4)5/h1-8H,(H,11,12,13);(H,2,3,4,5). The quantitative estimate of drug-likeness (QED) is 0.615. The summed E-state index contributed by atoms with van der Waals surface area (Å²) in [6, 6.07) is 11.6. The number of nitrogens with one attached hydrogen (secondary N) is 2. The summed E-state index contributed by atoms with van der Waals surface area (Å²) in [5.41, 5.74) is 0. The van der Waals surface area contributed by atoms with Gasteiger partial charge in [-0.1, -0.05) is 12.1 Å². The van der Waals surface area contributed by atoms with Gasteiger partial charge in [0.25, 0.3) is 5.82 Å². The van der Waals surface area contributed by atoms with E-state index in [9.17, 15) is 0 Å². The van der Waals surface area contributed by atoms with Crippen molar-refractivity contribution in [2.24, 2.45) is 0 Å². The van der Waals surface area contributed by atoms with Gasteiger partial charge in [-0.25, -0.2) is 33.9 Å². The molecule has 0 fully saturated rings. The van der Waals surface area contributed by atoms with Crippen molar-refractivity contribution >= 4 is 11.6 Å². The van der Waals surface area contributed by atoms with Crippen LogP contribution in [0.25, 0.3) is 0 Å². The fourth-order valence-corrected chi connectivity index (χ4v) is 1.05. The lowest BCUT2D eigenvalue weighted by atomic mass is 10.4. The van der Waals surface area contributed by atoms with Crippen molar-refractivity contribution in [3.63, 3.8) is 0 Å². The largest absolute Gasteiger partial charge is 0.278 e. The van der Waals surface area contributed by atoms with Crippen molar-refractivity contribution in [1.82, 2.24) is 4.98 Å². The van der Waals surface area contributed by atoms with Crippen LogP contribution in [0.5, 0.6) is 0 Å². The lowest BCUT2D eigenvalue weighted by molar-refractivity contribution is -2.00. The Morgan fingerprint density at radius 3 is 2.17 bits per heavy atom. The Kier molecular flexibility index (Phi) is 5.43. The number of anilines is 2. The van der Waals surface area contributed by atoms with E-state index in [0.29, 0.717) is 0 Å². The molecule has 2 aromatic heterocycles. The number of hydrogen-bond donors (Lipinski definition) is 1. The molecule has 0 atom stereocenters. The minimum Gasteiger partial charge on any atom is -0.247 e. The summed E-state index contributed by atoms with van der Waals surface area (Å²) in [5, 5.41) is 3.14. The summed E-state index contributed by atoms with van der Waals surface area (Å²) in [6.45, 7) is 0. The zero-order valence-corrected chi connectivity index (χ0v) is 9.83. The second-order valence-corrected chi connectivity index (χ2v) is 3.75. The number of aromatic nitrogens is 2. The monoisotopic (exact) mass is 271 g/mol. The molecule has 0 radical (unpaired) electrons. The highest BCUT2D eigenvalue weighted by Crippen LogP contribution is 2.06. The van der Waals surface area contributed by atoms with E-state index in [1.807, 2.05) is 42.6 Å². The maximum absolute atomic E-state index is 8.49. The van der Waals surface area contributed by atoms with Gasteiger partial charge in [-0.05, 0) is 12.1 Å². The van der Waals surface area contributed by atoms with E-state index in [-0.39, 0.29) is 0 Å². The predicted octanol–water partition coefficient (Wildman–Crippen LogP) is -3.12. The van der Waals surface area contributed by atoms with E-state index in [0.717, 1.165) is 11.6 Å². The fourth-order valence-electron chi connectivity index (χ4n) is 1.05. The van der Waals surface area contributed by atoms with Crippen LogP contribution in [-0.2, 0) is 0 Å². The molecule has 0 amide bonds. The number of halogens is 1. The van der Waals surface area contributed by atoms with Crippen LogP contribution in [0.1, 0.15) is 0 Å². The van der Waals surface area contributed by atoms with Gasteiger partial charge in [0.1, 0.15) is 0 Å². The van der Waals surface area contributed by atoms with E-state index >= 15 is 0 Å². The molecule has 0 spiro atoms. The molecular formula is C10H10ClN3O4. The van der Waals surface area contributed by atoms with Crippen LogP contribution in [0.3, 0.4) is 0 Å². The van der Waals surface area contributed by atoms with E-state index in [2.05, 4.69) is 15.3 Å². The molecule has 0 aliphatic carbocycles. The molecule has 8 heteroatoms. The Morgan fingerprint density at radius 2 is 1.67 bits per heavy atom. The Labute approximate surface area is 105 Å². The predicted molar refractivity (Wildman–Crippen MR) is 50.5 cm³/mol. The number of H-pyrrole nitrogens is 1. The van der Waals surface area contributed by atoms with Crippen molar-refractivity contribution in [2.75, 3.05) is 5.32 Å². The topological polar surface area (TPSA) is 131 Å². The molecule has 7 nitrogen and oxygen atoms in total. The highest BCUT2D eigenvalue weighted by molar-refractivity contribution is 5.47. The van der Waals surface area contributed by atoms with E-state index in [4.69, 9.17) is 18.6 Å². The van der Waals surface area contributed by atoms with Crippen LogP contribution in [0, 0.1) is 10.2 Å². The summed E-state index contributed by atoms with van der Waals surface area (Å²) >= 11 is 0. The van der Waals surface area contributed by atoms with Gasteiger partial charge in [0, 0.05) is 18.3 Å². The van der Waals surface area contributed by atoms with Gasteiger partial charge in [-0.2, -0.15) is 0 Å². The molecule has 2 heterocycles. The molecule has 0 aliphatic rings. The Morgan fingerprint density at radius 1 is 1.00 bits per heavy atom. The van der Waals surface area contributed by atoms with Gasteiger partial charge in [0.2, 0.25) is 5.82 Å². The Balaban J connectivity index is 0.000000280. The second kappa shape index (κ2) is 6.84. The first-order valence-corrected chi connectivity index (χ1v) is 5.95. The van der Waals surface area contributed by atoms with Crippen LogP contribution < -0.4 is 28.9 Å². The lowest BCUT2D eigenvalue weighted by Crippen LogP contribution is -2.68. The van der Waals surface area contributed by atoms with E-state index in [1.165, 1.54) is 0 Å². The van der Waals surface area contributed by atoms with Gasteiger partial charge >= 0.3 is 0 Å². The molecular weight excluding hydrogens is 262 g/mol. The molecule has 0 aliphatic heterocycles. The molecule has 18 heavy (non-hydrogen) atoms. The normalized spacial score (nSPS) is 10.2. The zero-order chi connectivity index (χ0) is 13.4. The zero-order valence-electron chi connectivity index (χ0n) is 9.08. The molecule has 2 rings (SSSR count). The third kappa shape index (κ3) is 7.49. The average Bonchev–Trinajstić information content (AvgIpc) is 2.29. The van der Waals surface area contributed by atoms with Gasteiger partial charge in [0.05, 0.1) is 6.20 Å². The first kappa shape index (κ1) is 14.3. The third-order valence-corrected chi connectivity index (χ3v) is 1.64. The molecule has 96 valence electrons.